The molecule has 2 aromatic rings. The van der Waals surface area contributed by atoms with Crippen LogP contribution in [0, 0.1) is 0 Å². The number of hydrogen-bond acceptors (Lipinski definition) is 4. The fourth-order valence-electron chi connectivity index (χ4n) is 2.88. The third-order valence-corrected chi connectivity index (χ3v) is 4.65. The Kier molecular flexibility index (Phi) is 6.84. The molecule has 1 N–H and O–H groups in total. The van der Waals surface area contributed by atoms with Gasteiger partial charge in [-0.15, -0.1) is 12.4 Å². The highest BCUT2D eigenvalue weighted by Crippen LogP contribution is 2.28. The Bertz CT molecular complexity index is 626. The number of rotatable bonds is 4. The maximum absolute atomic E-state index is 5.30. The first-order valence-corrected chi connectivity index (χ1v) is 8.24. The van der Waals surface area contributed by atoms with Crippen molar-refractivity contribution >= 4 is 28.3 Å². The number of piperazine rings is 1. The number of aromatic nitrogens is 1. The van der Waals surface area contributed by atoms with Gasteiger partial charge in [0.25, 0.3) is 0 Å². The lowest BCUT2D eigenvalue weighted by atomic mass is 10.0. The summed E-state index contributed by atoms with van der Waals surface area (Å²) in [7, 11) is 1.69. The van der Waals surface area contributed by atoms with Crippen LogP contribution in [0.3, 0.4) is 0 Å². The molecule has 2 heterocycles. The maximum Gasteiger partial charge on any atom is 0.133 e. The average Bonchev–Trinajstić information content (AvgIpc) is 2.56. The Morgan fingerprint density at radius 3 is 2.96 bits per heavy atom. The van der Waals surface area contributed by atoms with Crippen LogP contribution < -0.4 is 10.1 Å². The molecule has 1 fully saturated rings. The van der Waals surface area contributed by atoms with E-state index in [0.29, 0.717) is 6.04 Å². The van der Waals surface area contributed by atoms with Gasteiger partial charge in [0, 0.05) is 44.6 Å². The molecule has 0 amide bonds. The third-order valence-electron chi connectivity index (χ3n) is 4.03. The van der Waals surface area contributed by atoms with Crippen molar-refractivity contribution in [3.05, 3.63) is 58.3 Å². The van der Waals surface area contributed by atoms with Crippen molar-refractivity contribution in [2.75, 3.05) is 26.7 Å². The lowest BCUT2D eigenvalue weighted by molar-refractivity contribution is 0.153. The zero-order chi connectivity index (χ0) is 15.4. The third kappa shape index (κ3) is 4.44. The Morgan fingerprint density at radius 2 is 2.26 bits per heavy atom. The monoisotopic (exact) mass is 397 g/mol. The van der Waals surface area contributed by atoms with Gasteiger partial charge >= 0.3 is 0 Å². The second-order valence-corrected chi connectivity index (χ2v) is 6.30. The molecule has 4 nitrogen and oxygen atoms in total. The van der Waals surface area contributed by atoms with Crippen LogP contribution >= 0.6 is 28.3 Å². The van der Waals surface area contributed by atoms with Crippen molar-refractivity contribution in [1.82, 2.24) is 15.2 Å². The minimum Gasteiger partial charge on any atom is -0.496 e. The molecule has 6 heteroatoms. The van der Waals surface area contributed by atoms with E-state index in [2.05, 4.69) is 49.3 Å². The summed E-state index contributed by atoms with van der Waals surface area (Å²) in [6.07, 6.45) is 3.79. The summed E-state index contributed by atoms with van der Waals surface area (Å²) in [6.45, 7) is 3.93. The number of hydrogen-bond donors (Lipinski definition) is 1. The molecule has 0 bridgehead atoms. The number of halogens is 2. The van der Waals surface area contributed by atoms with E-state index in [9.17, 15) is 0 Å². The van der Waals surface area contributed by atoms with Gasteiger partial charge in [-0.25, -0.2) is 0 Å². The van der Waals surface area contributed by atoms with Crippen LogP contribution in [0.4, 0.5) is 0 Å². The van der Waals surface area contributed by atoms with Crippen LogP contribution in [0.15, 0.2) is 47.2 Å². The van der Waals surface area contributed by atoms with Crippen molar-refractivity contribution in [2.45, 2.75) is 12.6 Å². The molecule has 124 valence electrons. The van der Waals surface area contributed by atoms with Gasteiger partial charge in [-0.1, -0.05) is 12.1 Å². The summed E-state index contributed by atoms with van der Waals surface area (Å²) in [5, 5.41) is 3.48. The molecule has 0 aliphatic carbocycles. The zero-order valence-electron chi connectivity index (χ0n) is 13.0. The molecule has 23 heavy (non-hydrogen) atoms. The number of methoxy groups -OCH3 is 1. The van der Waals surface area contributed by atoms with Crippen molar-refractivity contribution in [2.24, 2.45) is 0 Å². The van der Waals surface area contributed by atoms with E-state index in [1.165, 1.54) is 11.1 Å². The molecule has 3 rings (SSSR count). The second kappa shape index (κ2) is 8.64. The highest BCUT2D eigenvalue weighted by molar-refractivity contribution is 9.10. The number of ether oxygens (including phenoxy) is 1. The number of nitrogens with one attached hydrogen (secondary N) is 1. The molecular weight excluding hydrogens is 378 g/mol. The van der Waals surface area contributed by atoms with Gasteiger partial charge in [0.2, 0.25) is 0 Å². The van der Waals surface area contributed by atoms with Gasteiger partial charge in [-0.2, -0.15) is 0 Å². The van der Waals surface area contributed by atoms with Crippen LogP contribution in [-0.2, 0) is 6.54 Å². The Morgan fingerprint density at radius 1 is 1.39 bits per heavy atom. The molecule has 1 unspecified atom stereocenters. The van der Waals surface area contributed by atoms with Crippen molar-refractivity contribution in [1.29, 1.82) is 0 Å². The molecule has 0 spiro atoms. The highest BCUT2D eigenvalue weighted by Gasteiger charge is 2.24. The molecule has 0 saturated carbocycles. The summed E-state index contributed by atoms with van der Waals surface area (Å²) in [6, 6.07) is 10.8. The summed E-state index contributed by atoms with van der Waals surface area (Å²) in [4.78, 5) is 6.76. The lowest BCUT2D eigenvalue weighted by Crippen LogP contribution is -2.45. The summed E-state index contributed by atoms with van der Waals surface area (Å²) in [5.41, 5.74) is 2.55. The van der Waals surface area contributed by atoms with Crippen LogP contribution in [0.2, 0.25) is 0 Å². The molecule has 1 saturated heterocycles. The Balaban J connectivity index is 0.00000192. The predicted molar refractivity (Wildman–Crippen MR) is 98.2 cm³/mol. The first kappa shape index (κ1) is 18.2. The average molecular weight is 399 g/mol. The van der Waals surface area contributed by atoms with Crippen LogP contribution in [0.25, 0.3) is 0 Å². The fraction of sp³-hybridized carbons (Fsp3) is 0.353. The SMILES string of the molecule is COc1ccc(CN2CCNCC2c2cccnc2)cc1Br.Cl. The molecule has 0 radical (unpaired) electrons. The van der Waals surface area contributed by atoms with Crippen LogP contribution in [-0.4, -0.2) is 36.6 Å². The van der Waals surface area contributed by atoms with E-state index in [-0.39, 0.29) is 12.4 Å². The molecule has 1 aliphatic heterocycles. The van der Waals surface area contributed by atoms with Gasteiger partial charge in [0.15, 0.2) is 0 Å². The Hall–Kier alpha value is -1.14. The van der Waals surface area contributed by atoms with Gasteiger partial charge in [0.05, 0.1) is 11.6 Å². The van der Waals surface area contributed by atoms with E-state index in [1.807, 2.05) is 24.5 Å². The fourth-order valence-corrected chi connectivity index (χ4v) is 3.47. The molecule has 1 aromatic carbocycles. The quantitative estimate of drug-likeness (QED) is 0.856. The van der Waals surface area contributed by atoms with Crippen molar-refractivity contribution in [3.63, 3.8) is 0 Å². The highest BCUT2D eigenvalue weighted by atomic mass is 79.9. The summed E-state index contributed by atoms with van der Waals surface area (Å²) in [5.74, 6) is 0.868. The van der Waals surface area contributed by atoms with Gasteiger partial charge in [0.1, 0.15) is 5.75 Å². The number of benzene rings is 1. The van der Waals surface area contributed by atoms with Gasteiger partial charge in [-0.3, -0.25) is 9.88 Å². The second-order valence-electron chi connectivity index (χ2n) is 5.45. The van der Waals surface area contributed by atoms with E-state index in [4.69, 9.17) is 4.74 Å². The van der Waals surface area contributed by atoms with Gasteiger partial charge in [-0.05, 0) is 45.3 Å². The van der Waals surface area contributed by atoms with Gasteiger partial charge < -0.3 is 10.1 Å². The predicted octanol–water partition coefficient (Wildman–Crippen LogP) is 3.42. The van der Waals surface area contributed by atoms with E-state index in [0.717, 1.165) is 36.4 Å². The zero-order valence-corrected chi connectivity index (χ0v) is 15.4. The lowest BCUT2D eigenvalue weighted by Gasteiger charge is -2.36. The first-order chi connectivity index (χ1) is 10.8. The number of nitrogens with zero attached hydrogens (tertiary/aromatic N) is 2. The van der Waals surface area contributed by atoms with Crippen molar-refractivity contribution in [3.8, 4) is 5.75 Å². The maximum atomic E-state index is 5.30. The largest absolute Gasteiger partial charge is 0.496 e. The van der Waals surface area contributed by atoms with E-state index < -0.39 is 0 Å². The Labute approximate surface area is 151 Å². The topological polar surface area (TPSA) is 37.4 Å². The van der Waals surface area contributed by atoms with Crippen LogP contribution in [0.5, 0.6) is 5.75 Å². The van der Waals surface area contributed by atoms with Crippen LogP contribution in [0.1, 0.15) is 17.2 Å². The minimum atomic E-state index is 0. The smallest absolute Gasteiger partial charge is 0.133 e. The molecule has 1 aliphatic rings. The molecular formula is C17H21BrClN3O. The van der Waals surface area contributed by atoms with E-state index in [1.54, 1.807) is 7.11 Å². The standard InChI is InChI=1S/C17H20BrN3O.ClH/c1-22-17-5-4-13(9-15(17)18)12-21-8-7-20-11-16(21)14-3-2-6-19-10-14;/h2-6,9-10,16,20H,7-8,11-12H2,1H3;1H. The normalized spacial score (nSPS) is 18.3. The summed E-state index contributed by atoms with van der Waals surface area (Å²) < 4.78 is 6.30. The molecule has 1 atom stereocenters. The first-order valence-electron chi connectivity index (χ1n) is 7.45. The number of pyridine rings is 1. The molecule has 1 aromatic heterocycles. The minimum absolute atomic E-state index is 0. The van der Waals surface area contributed by atoms with E-state index >= 15 is 0 Å². The summed E-state index contributed by atoms with van der Waals surface area (Å²) >= 11 is 3.57. The van der Waals surface area contributed by atoms with Crippen molar-refractivity contribution < 1.29 is 4.74 Å².